The van der Waals surface area contributed by atoms with E-state index in [1.807, 2.05) is 12.3 Å². The Hall–Kier alpha value is -2.21. The topological polar surface area (TPSA) is 73.6 Å². The van der Waals surface area contributed by atoms with Crippen LogP contribution in [0.1, 0.15) is 31.7 Å². The average molecular weight is 349 g/mol. The Labute approximate surface area is 144 Å². The third-order valence-electron chi connectivity index (χ3n) is 4.81. The summed E-state index contributed by atoms with van der Waals surface area (Å²) in [5.74, 6) is 1.15. The molecule has 2 aliphatic rings. The number of hydrogen-bond acceptors (Lipinski definition) is 4. The zero-order chi connectivity index (χ0) is 16.7. The lowest BCUT2D eigenvalue weighted by Gasteiger charge is -2.28. The lowest BCUT2D eigenvalue weighted by atomic mass is 9.86. The predicted molar refractivity (Wildman–Crippen MR) is 87.4 cm³/mol. The van der Waals surface area contributed by atoms with Crippen LogP contribution in [0.25, 0.3) is 11.4 Å². The quantitative estimate of drug-likeness (QED) is 0.914. The second kappa shape index (κ2) is 6.02. The van der Waals surface area contributed by atoms with Gasteiger partial charge in [0, 0.05) is 30.1 Å². The second-order valence-corrected chi connectivity index (χ2v) is 6.59. The van der Waals surface area contributed by atoms with Gasteiger partial charge in [0.2, 0.25) is 6.79 Å². The number of imidazole rings is 1. The molecule has 7 heteroatoms. The molecule has 1 fully saturated rings. The summed E-state index contributed by atoms with van der Waals surface area (Å²) < 4.78 is 12.9. The molecule has 0 radical (unpaired) electrons. The van der Waals surface area contributed by atoms with Gasteiger partial charge in [0.05, 0.1) is 10.9 Å². The maximum absolute atomic E-state index is 11.1. The van der Waals surface area contributed by atoms with Crippen molar-refractivity contribution in [3.63, 3.8) is 0 Å². The van der Waals surface area contributed by atoms with Gasteiger partial charge in [-0.3, -0.25) is 4.79 Å². The van der Waals surface area contributed by atoms with Gasteiger partial charge >= 0.3 is 5.97 Å². The number of nitrogens with zero attached hydrogens (tertiary/aromatic N) is 2. The molecular weight excluding hydrogens is 332 g/mol. The van der Waals surface area contributed by atoms with Crippen LogP contribution in [-0.2, 0) is 4.79 Å². The number of ether oxygens (including phenoxy) is 2. The zero-order valence-corrected chi connectivity index (χ0v) is 13.7. The number of carbonyl (C=O) groups is 1. The fourth-order valence-electron chi connectivity index (χ4n) is 3.51. The summed E-state index contributed by atoms with van der Waals surface area (Å²) in [6.07, 6.45) is 6.70. The van der Waals surface area contributed by atoms with Crippen molar-refractivity contribution in [3.05, 3.63) is 29.5 Å². The molecule has 0 unspecified atom stereocenters. The fourth-order valence-corrected chi connectivity index (χ4v) is 3.74. The van der Waals surface area contributed by atoms with Gasteiger partial charge in [-0.25, -0.2) is 4.98 Å². The van der Waals surface area contributed by atoms with Gasteiger partial charge in [-0.05, 0) is 31.7 Å². The van der Waals surface area contributed by atoms with Crippen LogP contribution in [0.15, 0.2) is 24.5 Å². The van der Waals surface area contributed by atoms with Crippen molar-refractivity contribution in [2.45, 2.75) is 31.7 Å². The minimum absolute atomic E-state index is 0.197. The second-order valence-electron chi connectivity index (χ2n) is 6.19. The third kappa shape index (κ3) is 2.60. The van der Waals surface area contributed by atoms with Crippen molar-refractivity contribution in [2.75, 3.05) is 6.79 Å². The maximum atomic E-state index is 11.1. The standard InChI is InChI=1S/C17H17ClN2O4/c18-13-8-15-14(23-9-24-15)7-12(13)16-19-5-6-20(16)11-3-1-10(2-4-11)17(21)22/h5-8,10-11H,1-4,9H2,(H,21,22). The molecule has 0 atom stereocenters. The van der Waals surface area contributed by atoms with Gasteiger partial charge in [0.25, 0.3) is 0 Å². The lowest BCUT2D eigenvalue weighted by Crippen LogP contribution is -2.23. The van der Waals surface area contributed by atoms with Gasteiger partial charge < -0.3 is 19.1 Å². The average Bonchev–Trinajstić information content (AvgIpc) is 3.22. The Balaban J connectivity index is 1.63. The van der Waals surface area contributed by atoms with Crippen LogP contribution in [0.4, 0.5) is 0 Å². The Morgan fingerprint density at radius 2 is 1.92 bits per heavy atom. The molecule has 1 saturated carbocycles. The van der Waals surface area contributed by atoms with Gasteiger partial charge in [0.1, 0.15) is 5.82 Å². The van der Waals surface area contributed by atoms with Gasteiger partial charge in [-0.2, -0.15) is 0 Å². The number of aliphatic carboxylic acids is 1. The van der Waals surface area contributed by atoms with E-state index in [0.717, 1.165) is 24.2 Å². The summed E-state index contributed by atoms with van der Waals surface area (Å²) >= 11 is 6.41. The fraction of sp³-hybridized carbons (Fsp3) is 0.412. The van der Waals surface area contributed by atoms with Crippen molar-refractivity contribution in [1.82, 2.24) is 9.55 Å². The number of carboxylic acids is 1. The molecule has 1 aromatic carbocycles. The van der Waals surface area contributed by atoms with Crippen LogP contribution in [0.2, 0.25) is 5.02 Å². The normalized spacial score (nSPS) is 22.5. The monoisotopic (exact) mass is 348 g/mol. The number of hydrogen-bond donors (Lipinski definition) is 1. The van der Waals surface area contributed by atoms with Crippen LogP contribution in [0, 0.1) is 5.92 Å². The third-order valence-corrected chi connectivity index (χ3v) is 5.12. The number of benzene rings is 1. The SMILES string of the molecule is O=C(O)C1CCC(n2ccnc2-c2cc3c(cc2Cl)OCO3)CC1. The van der Waals surface area contributed by atoms with Crippen molar-refractivity contribution < 1.29 is 19.4 Å². The van der Waals surface area contributed by atoms with Gasteiger partial charge in [-0.1, -0.05) is 11.6 Å². The highest BCUT2D eigenvalue weighted by Crippen LogP contribution is 2.42. The van der Waals surface area contributed by atoms with E-state index in [4.69, 9.17) is 26.2 Å². The summed E-state index contributed by atoms with van der Waals surface area (Å²) in [4.78, 5) is 15.6. The van der Waals surface area contributed by atoms with Gasteiger partial charge in [0.15, 0.2) is 11.5 Å². The molecule has 0 bridgehead atoms. The molecule has 0 saturated heterocycles. The summed E-state index contributed by atoms with van der Waals surface area (Å²) in [6, 6.07) is 3.84. The molecular formula is C17H17ClN2O4. The molecule has 1 aliphatic carbocycles. The minimum Gasteiger partial charge on any atom is -0.481 e. The Kier molecular flexibility index (Phi) is 3.84. The van der Waals surface area contributed by atoms with Crippen LogP contribution in [0.5, 0.6) is 11.5 Å². The first-order valence-electron chi connectivity index (χ1n) is 7.98. The van der Waals surface area contributed by atoms with Crippen molar-refractivity contribution in [1.29, 1.82) is 0 Å². The van der Waals surface area contributed by atoms with Crippen LogP contribution in [0.3, 0.4) is 0 Å². The predicted octanol–water partition coefficient (Wildman–Crippen LogP) is 3.75. The maximum Gasteiger partial charge on any atom is 0.306 e. The smallest absolute Gasteiger partial charge is 0.306 e. The molecule has 126 valence electrons. The number of fused-ring (bicyclic) bond motifs is 1. The minimum atomic E-state index is -0.696. The highest BCUT2D eigenvalue weighted by molar-refractivity contribution is 6.33. The zero-order valence-electron chi connectivity index (χ0n) is 12.9. The van der Waals surface area contributed by atoms with Crippen molar-refractivity contribution >= 4 is 17.6 Å². The van der Waals surface area contributed by atoms with E-state index in [1.54, 1.807) is 12.3 Å². The van der Waals surface area contributed by atoms with E-state index in [2.05, 4.69) is 9.55 Å². The molecule has 0 amide bonds. The number of carboxylic acid groups (broad SMARTS) is 1. The first-order valence-corrected chi connectivity index (χ1v) is 8.36. The molecule has 2 heterocycles. The molecule has 4 rings (SSSR count). The molecule has 0 spiro atoms. The largest absolute Gasteiger partial charge is 0.481 e. The van der Waals surface area contributed by atoms with Crippen molar-refractivity contribution in [3.8, 4) is 22.9 Å². The van der Waals surface area contributed by atoms with E-state index in [-0.39, 0.29) is 18.8 Å². The number of rotatable bonds is 3. The molecule has 6 nitrogen and oxygen atoms in total. The van der Waals surface area contributed by atoms with E-state index in [9.17, 15) is 4.79 Å². The Bertz CT molecular complexity index is 781. The first-order chi connectivity index (χ1) is 11.6. The van der Waals surface area contributed by atoms with E-state index >= 15 is 0 Å². The summed E-state index contributed by atoms with van der Waals surface area (Å²) in [6.45, 7) is 0.197. The lowest BCUT2D eigenvalue weighted by molar-refractivity contribution is -0.143. The molecule has 2 aromatic rings. The molecule has 24 heavy (non-hydrogen) atoms. The van der Waals surface area contributed by atoms with Crippen LogP contribution in [-0.4, -0.2) is 27.4 Å². The molecule has 1 aromatic heterocycles. The van der Waals surface area contributed by atoms with E-state index in [0.29, 0.717) is 29.4 Å². The highest BCUT2D eigenvalue weighted by atomic mass is 35.5. The number of halogens is 1. The first kappa shape index (κ1) is 15.3. The van der Waals surface area contributed by atoms with Crippen molar-refractivity contribution in [2.24, 2.45) is 5.92 Å². The summed E-state index contributed by atoms with van der Waals surface area (Å²) in [5, 5.41) is 9.71. The van der Waals surface area contributed by atoms with E-state index < -0.39 is 5.97 Å². The van der Waals surface area contributed by atoms with Gasteiger partial charge in [-0.15, -0.1) is 0 Å². The van der Waals surface area contributed by atoms with E-state index in [1.165, 1.54) is 0 Å². The summed E-state index contributed by atoms with van der Waals surface area (Å²) in [7, 11) is 0. The van der Waals surface area contributed by atoms with Crippen LogP contribution < -0.4 is 9.47 Å². The summed E-state index contributed by atoms with van der Waals surface area (Å²) in [5.41, 5.74) is 0.797. The van der Waals surface area contributed by atoms with Crippen LogP contribution >= 0.6 is 11.6 Å². The Morgan fingerprint density at radius 1 is 1.21 bits per heavy atom. The molecule has 1 aliphatic heterocycles. The highest BCUT2D eigenvalue weighted by Gasteiger charge is 2.28. The molecule has 1 N–H and O–H groups in total. The Morgan fingerprint density at radius 3 is 2.62 bits per heavy atom. The number of aromatic nitrogens is 2.